The zero-order valence-corrected chi connectivity index (χ0v) is 8.69. The molecule has 1 unspecified atom stereocenters. The van der Waals surface area contributed by atoms with Gasteiger partial charge in [-0.3, -0.25) is 0 Å². The minimum Gasteiger partial charge on any atom is -0.223 e. The monoisotopic (exact) mass is 216 g/mol. The van der Waals surface area contributed by atoms with Crippen molar-refractivity contribution in [3.63, 3.8) is 0 Å². The van der Waals surface area contributed by atoms with Crippen LogP contribution in [0.15, 0.2) is 23.1 Å². The molecule has 1 aliphatic rings. The molecular weight excluding hydrogens is 208 g/mol. The molecule has 70 valence electrons. The van der Waals surface area contributed by atoms with Crippen LogP contribution in [0, 0.1) is 0 Å². The fourth-order valence-electron chi connectivity index (χ4n) is 1.62. The number of rotatable bonds is 0. The first kappa shape index (κ1) is 9.03. The normalized spacial score (nSPS) is 24.3. The van der Waals surface area contributed by atoms with Crippen molar-refractivity contribution in [3.8, 4) is 0 Å². The quantitative estimate of drug-likeness (QED) is 0.665. The van der Waals surface area contributed by atoms with Gasteiger partial charge in [-0.25, -0.2) is 8.42 Å². The number of sulfone groups is 1. The highest BCUT2D eigenvalue weighted by Crippen LogP contribution is 2.35. The lowest BCUT2D eigenvalue weighted by Crippen LogP contribution is -2.11. The van der Waals surface area contributed by atoms with E-state index in [2.05, 4.69) is 0 Å². The largest absolute Gasteiger partial charge is 0.223 e. The van der Waals surface area contributed by atoms with E-state index in [1.165, 1.54) is 0 Å². The summed E-state index contributed by atoms with van der Waals surface area (Å²) in [6, 6.07) is 5.03. The Morgan fingerprint density at radius 2 is 2.15 bits per heavy atom. The number of benzene rings is 1. The summed E-state index contributed by atoms with van der Waals surface area (Å²) >= 11 is 5.90. The van der Waals surface area contributed by atoms with Gasteiger partial charge in [0.15, 0.2) is 9.84 Å². The first-order valence-electron chi connectivity index (χ1n) is 4.05. The van der Waals surface area contributed by atoms with Gasteiger partial charge in [0.1, 0.15) is 0 Å². The molecule has 2 rings (SSSR count). The Bertz CT molecular complexity index is 451. The Hall–Kier alpha value is -0.540. The Labute approximate surface area is 82.4 Å². The lowest BCUT2D eigenvalue weighted by Gasteiger charge is -1.99. The summed E-state index contributed by atoms with van der Waals surface area (Å²) in [7, 11) is -3.09. The molecule has 0 aliphatic carbocycles. The van der Waals surface area contributed by atoms with Gasteiger partial charge in [-0.05, 0) is 31.0 Å². The Kier molecular flexibility index (Phi) is 1.89. The maximum Gasteiger partial charge on any atom is 0.181 e. The van der Waals surface area contributed by atoms with Gasteiger partial charge in [-0.15, -0.1) is 0 Å². The van der Waals surface area contributed by atoms with Crippen molar-refractivity contribution in [2.24, 2.45) is 0 Å². The van der Waals surface area contributed by atoms with Crippen LogP contribution in [0.3, 0.4) is 0 Å². The average molecular weight is 217 g/mol. The summed E-state index contributed by atoms with van der Waals surface area (Å²) in [5.41, 5.74) is 0.775. The number of hydrogen-bond donors (Lipinski definition) is 0. The van der Waals surface area contributed by atoms with Crippen LogP contribution in [0.5, 0.6) is 0 Å². The van der Waals surface area contributed by atoms with Crippen LogP contribution in [0.4, 0.5) is 0 Å². The van der Waals surface area contributed by atoms with E-state index in [-0.39, 0.29) is 5.25 Å². The van der Waals surface area contributed by atoms with Crippen molar-refractivity contribution in [2.75, 3.05) is 0 Å². The fourth-order valence-corrected chi connectivity index (χ4v) is 3.55. The topological polar surface area (TPSA) is 34.1 Å². The minimum absolute atomic E-state index is 0.331. The summed E-state index contributed by atoms with van der Waals surface area (Å²) in [5.74, 6) is 0. The fraction of sp³-hybridized carbons (Fsp3) is 0.333. The summed E-state index contributed by atoms with van der Waals surface area (Å²) in [6.07, 6.45) is 0.539. The van der Waals surface area contributed by atoms with E-state index in [1.54, 1.807) is 25.1 Å². The van der Waals surface area contributed by atoms with Crippen LogP contribution >= 0.6 is 11.6 Å². The van der Waals surface area contributed by atoms with Crippen LogP contribution in [0.25, 0.3) is 0 Å². The highest BCUT2D eigenvalue weighted by Gasteiger charge is 2.34. The van der Waals surface area contributed by atoms with Gasteiger partial charge in [0, 0.05) is 5.02 Å². The zero-order chi connectivity index (χ0) is 9.64. The average Bonchev–Trinajstić information content (AvgIpc) is 2.28. The molecular formula is C9H9ClO2S. The highest BCUT2D eigenvalue weighted by atomic mass is 35.5. The van der Waals surface area contributed by atoms with Crippen molar-refractivity contribution >= 4 is 21.4 Å². The molecule has 0 fully saturated rings. The van der Waals surface area contributed by atoms with Crippen molar-refractivity contribution in [2.45, 2.75) is 23.5 Å². The predicted molar refractivity (Wildman–Crippen MR) is 51.8 cm³/mol. The van der Waals surface area contributed by atoms with Crippen LogP contribution in [-0.2, 0) is 16.3 Å². The smallest absolute Gasteiger partial charge is 0.181 e. The van der Waals surface area contributed by atoms with E-state index in [4.69, 9.17) is 11.6 Å². The molecule has 13 heavy (non-hydrogen) atoms. The lowest BCUT2D eigenvalue weighted by molar-refractivity contribution is 0.590. The van der Waals surface area contributed by atoms with Crippen molar-refractivity contribution < 1.29 is 8.42 Å². The second kappa shape index (κ2) is 2.72. The van der Waals surface area contributed by atoms with Crippen molar-refractivity contribution in [1.29, 1.82) is 0 Å². The van der Waals surface area contributed by atoms with E-state index in [0.29, 0.717) is 16.3 Å². The number of halogens is 1. The van der Waals surface area contributed by atoms with Crippen LogP contribution in [0.2, 0.25) is 5.02 Å². The molecule has 0 aromatic heterocycles. The maximum absolute atomic E-state index is 11.7. The first-order chi connectivity index (χ1) is 6.03. The van der Waals surface area contributed by atoms with Crippen LogP contribution in [-0.4, -0.2) is 13.7 Å². The number of hydrogen-bond acceptors (Lipinski definition) is 2. The second-order valence-corrected chi connectivity index (χ2v) is 6.02. The van der Waals surface area contributed by atoms with Gasteiger partial charge in [0.05, 0.1) is 10.1 Å². The Morgan fingerprint density at radius 3 is 2.77 bits per heavy atom. The molecule has 1 aromatic rings. The molecule has 0 radical (unpaired) electrons. The third kappa shape index (κ3) is 1.18. The van der Waals surface area contributed by atoms with Crippen molar-refractivity contribution in [1.82, 2.24) is 0 Å². The molecule has 0 saturated carbocycles. The van der Waals surface area contributed by atoms with Gasteiger partial charge in [0.2, 0.25) is 0 Å². The summed E-state index contributed by atoms with van der Waals surface area (Å²) in [4.78, 5) is 0.410. The molecule has 0 bridgehead atoms. The number of fused-ring (bicyclic) bond motifs is 1. The minimum atomic E-state index is -3.09. The lowest BCUT2D eigenvalue weighted by atomic mass is 10.1. The highest BCUT2D eigenvalue weighted by molar-refractivity contribution is 7.92. The van der Waals surface area contributed by atoms with Crippen molar-refractivity contribution in [3.05, 3.63) is 28.8 Å². The van der Waals surface area contributed by atoms with E-state index in [1.807, 2.05) is 0 Å². The SMILES string of the molecule is CC1Cc2c(Cl)cccc2S1(=O)=O. The second-order valence-electron chi connectivity index (χ2n) is 3.28. The predicted octanol–water partition coefficient (Wildman–Crippen LogP) is 2.06. The van der Waals surface area contributed by atoms with Gasteiger partial charge >= 0.3 is 0 Å². The van der Waals surface area contributed by atoms with Gasteiger partial charge < -0.3 is 0 Å². The van der Waals surface area contributed by atoms with E-state index in [0.717, 1.165) is 5.56 Å². The third-order valence-electron chi connectivity index (χ3n) is 2.40. The molecule has 1 heterocycles. The Balaban J connectivity index is 2.76. The van der Waals surface area contributed by atoms with Crippen LogP contribution in [0.1, 0.15) is 12.5 Å². The van der Waals surface area contributed by atoms with E-state index >= 15 is 0 Å². The summed E-state index contributed by atoms with van der Waals surface area (Å²) < 4.78 is 23.4. The van der Waals surface area contributed by atoms with E-state index in [9.17, 15) is 8.42 Å². The molecule has 0 spiro atoms. The van der Waals surface area contributed by atoms with E-state index < -0.39 is 9.84 Å². The molecule has 0 N–H and O–H groups in total. The molecule has 1 atom stereocenters. The van der Waals surface area contributed by atoms with Gasteiger partial charge in [0.25, 0.3) is 0 Å². The molecule has 0 amide bonds. The molecule has 4 heteroatoms. The molecule has 0 saturated heterocycles. The first-order valence-corrected chi connectivity index (χ1v) is 5.97. The molecule has 2 nitrogen and oxygen atoms in total. The van der Waals surface area contributed by atoms with Crippen LogP contribution < -0.4 is 0 Å². The van der Waals surface area contributed by atoms with Gasteiger partial charge in [-0.1, -0.05) is 17.7 Å². The van der Waals surface area contributed by atoms with Gasteiger partial charge in [-0.2, -0.15) is 0 Å². The molecule has 1 aliphatic heterocycles. The third-order valence-corrected chi connectivity index (χ3v) is 4.98. The Morgan fingerprint density at radius 1 is 1.46 bits per heavy atom. The summed E-state index contributed by atoms with van der Waals surface area (Å²) in [5, 5.41) is 0.229. The zero-order valence-electron chi connectivity index (χ0n) is 7.12. The standard InChI is InChI=1S/C9H9ClO2S/c1-6-5-7-8(10)3-2-4-9(7)13(6,11)12/h2-4,6H,5H2,1H3. The summed E-state index contributed by atoms with van der Waals surface area (Å²) in [6.45, 7) is 1.71. The maximum atomic E-state index is 11.7. The molecule has 1 aromatic carbocycles.